The number of rotatable bonds is 5. The van der Waals surface area contributed by atoms with E-state index in [1.807, 2.05) is 18.2 Å². The lowest BCUT2D eigenvalue weighted by atomic mass is 10.1. The van der Waals surface area contributed by atoms with Gasteiger partial charge in [-0.1, -0.05) is 11.6 Å². The Morgan fingerprint density at radius 3 is 3.00 bits per heavy atom. The fourth-order valence-corrected chi connectivity index (χ4v) is 2.74. The second kappa shape index (κ2) is 6.30. The van der Waals surface area contributed by atoms with Crippen LogP contribution in [0.2, 0.25) is 5.02 Å². The number of methoxy groups -OCH3 is 1. The van der Waals surface area contributed by atoms with Gasteiger partial charge in [0.2, 0.25) is 0 Å². The van der Waals surface area contributed by atoms with Crippen LogP contribution in [0.3, 0.4) is 0 Å². The van der Waals surface area contributed by atoms with E-state index < -0.39 is 0 Å². The fourth-order valence-electron chi connectivity index (χ4n) is 2.48. The molecule has 2 N–H and O–H groups in total. The Hall–Kier alpha value is -0.930. The average molecular weight is 269 g/mol. The van der Waals surface area contributed by atoms with Gasteiger partial charge in [0.15, 0.2) is 0 Å². The van der Waals surface area contributed by atoms with Gasteiger partial charge in [-0.25, -0.2) is 0 Å². The van der Waals surface area contributed by atoms with Crippen LogP contribution in [-0.4, -0.2) is 25.7 Å². The van der Waals surface area contributed by atoms with Crippen LogP contribution in [0, 0.1) is 0 Å². The topological polar surface area (TPSA) is 33.3 Å². The van der Waals surface area contributed by atoms with Crippen molar-refractivity contribution in [3.63, 3.8) is 0 Å². The zero-order valence-corrected chi connectivity index (χ0v) is 11.8. The Kier molecular flexibility index (Phi) is 4.72. The van der Waals surface area contributed by atoms with E-state index in [2.05, 4.69) is 17.6 Å². The predicted octanol–water partition coefficient (Wildman–Crippen LogP) is 3.29. The van der Waals surface area contributed by atoms with Crippen LogP contribution in [0.25, 0.3) is 0 Å². The second-order valence-electron chi connectivity index (χ2n) is 4.92. The van der Waals surface area contributed by atoms with E-state index in [0.717, 1.165) is 18.7 Å². The van der Waals surface area contributed by atoms with Crippen LogP contribution >= 0.6 is 11.6 Å². The summed E-state index contributed by atoms with van der Waals surface area (Å²) in [7, 11) is 1.63. The highest BCUT2D eigenvalue weighted by molar-refractivity contribution is 6.32. The van der Waals surface area contributed by atoms with Gasteiger partial charge in [0.05, 0.1) is 12.1 Å². The maximum Gasteiger partial charge on any atom is 0.137 e. The number of hydrogen-bond acceptors (Lipinski definition) is 3. The van der Waals surface area contributed by atoms with Crippen molar-refractivity contribution < 1.29 is 4.74 Å². The molecule has 2 unspecified atom stereocenters. The zero-order chi connectivity index (χ0) is 13.0. The van der Waals surface area contributed by atoms with Crippen molar-refractivity contribution in [3.05, 3.63) is 23.2 Å². The Morgan fingerprint density at radius 2 is 2.39 bits per heavy atom. The normalized spacial score (nSPS) is 20.7. The zero-order valence-electron chi connectivity index (χ0n) is 11.0. The van der Waals surface area contributed by atoms with Crippen molar-refractivity contribution in [1.29, 1.82) is 0 Å². The lowest BCUT2D eigenvalue weighted by Gasteiger charge is -2.19. The molecule has 0 amide bonds. The molecule has 100 valence electrons. The minimum absolute atomic E-state index is 0.435. The van der Waals surface area contributed by atoms with E-state index in [1.54, 1.807) is 7.11 Å². The Morgan fingerprint density at radius 1 is 1.56 bits per heavy atom. The summed E-state index contributed by atoms with van der Waals surface area (Å²) < 4.78 is 5.14. The molecule has 0 aromatic heterocycles. The smallest absolute Gasteiger partial charge is 0.137 e. The molecule has 4 heteroatoms. The van der Waals surface area contributed by atoms with Crippen molar-refractivity contribution in [2.45, 2.75) is 38.3 Å². The SMILES string of the molecule is COc1ccc(NC(C)CC2CCCN2)cc1Cl. The standard InChI is InChI=1S/C14H21ClN2O/c1-10(8-11-4-3-7-16-11)17-12-5-6-14(18-2)13(15)9-12/h5-6,9-11,16-17H,3-4,7-8H2,1-2H3. The summed E-state index contributed by atoms with van der Waals surface area (Å²) in [5.74, 6) is 0.715. The van der Waals surface area contributed by atoms with Gasteiger partial charge in [-0.15, -0.1) is 0 Å². The Balaban J connectivity index is 1.89. The van der Waals surface area contributed by atoms with Crippen LogP contribution in [0.1, 0.15) is 26.2 Å². The molecular formula is C14H21ClN2O. The molecule has 1 aromatic carbocycles. The van der Waals surface area contributed by atoms with E-state index in [0.29, 0.717) is 22.9 Å². The lowest BCUT2D eigenvalue weighted by Crippen LogP contribution is -2.29. The number of nitrogens with one attached hydrogen (secondary N) is 2. The van der Waals surface area contributed by atoms with Crippen molar-refractivity contribution in [2.75, 3.05) is 19.0 Å². The molecule has 0 saturated carbocycles. The molecule has 0 spiro atoms. The number of halogens is 1. The third kappa shape index (κ3) is 3.53. The monoisotopic (exact) mass is 268 g/mol. The molecule has 3 nitrogen and oxygen atoms in total. The van der Waals surface area contributed by atoms with Gasteiger partial charge in [-0.3, -0.25) is 0 Å². The predicted molar refractivity (Wildman–Crippen MR) is 76.7 cm³/mol. The largest absolute Gasteiger partial charge is 0.495 e. The number of anilines is 1. The molecular weight excluding hydrogens is 248 g/mol. The molecule has 1 fully saturated rings. The second-order valence-corrected chi connectivity index (χ2v) is 5.33. The molecule has 18 heavy (non-hydrogen) atoms. The summed E-state index contributed by atoms with van der Waals surface area (Å²) >= 11 is 6.11. The van der Waals surface area contributed by atoms with Gasteiger partial charge in [-0.05, 0) is 50.9 Å². The summed E-state index contributed by atoms with van der Waals surface area (Å²) in [6.07, 6.45) is 3.73. The average Bonchev–Trinajstić information content (AvgIpc) is 2.82. The van der Waals surface area contributed by atoms with Gasteiger partial charge in [0.25, 0.3) is 0 Å². The maximum absolute atomic E-state index is 6.11. The van der Waals surface area contributed by atoms with E-state index >= 15 is 0 Å². The van der Waals surface area contributed by atoms with E-state index in [-0.39, 0.29) is 0 Å². The van der Waals surface area contributed by atoms with E-state index in [9.17, 15) is 0 Å². The molecule has 1 saturated heterocycles. The van der Waals surface area contributed by atoms with Gasteiger partial charge < -0.3 is 15.4 Å². The Bertz CT molecular complexity index is 391. The summed E-state index contributed by atoms with van der Waals surface area (Å²) in [5.41, 5.74) is 1.05. The fraction of sp³-hybridized carbons (Fsp3) is 0.571. The first-order valence-electron chi connectivity index (χ1n) is 6.52. The molecule has 0 radical (unpaired) electrons. The van der Waals surface area contributed by atoms with Crippen molar-refractivity contribution in [3.8, 4) is 5.75 Å². The maximum atomic E-state index is 6.11. The minimum atomic E-state index is 0.435. The summed E-state index contributed by atoms with van der Waals surface area (Å²) in [5, 5.41) is 7.64. The van der Waals surface area contributed by atoms with Crippen LogP contribution in [0.4, 0.5) is 5.69 Å². The highest BCUT2D eigenvalue weighted by Gasteiger charge is 2.17. The van der Waals surface area contributed by atoms with Gasteiger partial charge >= 0.3 is 0 Å². The summed E-state index contributed by atoms with van der Waals surface area (Å²) in [6, 6.07) is 6.90. The molecule has 0 bridgehead atoms. The van der Waals surface area contributed by atoms with Crippen LogP contribution < -0.4 is 15.4 Å². The van der Waals surface area contributed by atoms with Crippen molar-refractivity contribution in [2.24, 2.45) is 0 Å². The summed E-state index contributed by atoms with van der Waals surface area (Å²) in [4.78, 5) is 0. The van der Waals surface area contributed by atoms with Crippen LogP contribution in [0.5, 0.6) is 5.75 Å². The van der Waals surface area contributed by atoms with Crippen molar-refractivity contribution >= 4 is 17.3 Å². The molecule has 1 aromatic rings. The van der Waals surface area contributed by atoms with Gasteiger partial charge in [0.1, 0.15) is 5.75 Å². The number of hydrogen-bond donors (Lipinski definition) is 2. The highest BCUT2D eigenvalue weighted by atomic mass is 35.5. The summed E-state index contributed by atoms with van der Waals surface area (Å²) in [6.45, 7) is 3.36. The lowest BCUT2D eigenvalue weighted by molar-refractivity contribution is 0.415. The molecule has 1 aliphatic heterocycles. The first-order valence-corrected chi connectivity index (χ1v) is 6.90. The number of ether oxygens (including phenoxy) is 1. The van der Waals surface area contributed by atoms with Crippen molar-refractivity contribution in [1.82, 2.24) is 5.32 Å². The first kappa shape index (κ1) is 13.5. The molecule has 2 rings (SSSR count). The highest BCUT2D eigenvalue weighted by Crippen LogP contribution is 2.27. The number of benzene rings is 1. The molecule has 1 heterocycles. The molecule has 0 aliphatic carbocycles. The Labute approximate surface area is 114 Å². The molecule has 2 atom stereocenters. The molecule has 1 aliphatic rings. The van der Waals surface area contributed by atoms with E-state index in [1.165, 1.54) is 12.8 Å². The third-order valence-electron chi connectivity index (χ3n) is 3.37. The van der Waals surface area contributed by atoms with Gasteiger partial charge in [-0.2, -0.15) is 0 Å². The van der Waals surface area contributed by atoms with Gasteiger partial charge in [0, 0.05) is 17.8 Å². The van der Waals surface area contributed by atoms with Crippen LogP contribution in [0.15, 0.2) is 18.2 Å². The van der Waals surface area contributed by atoms with E-state index in [4.69, 9.17) is 16.3 Å². The van der Waals surface area contributed by atoms with Crippen LogP contribution in [-0.2, 0) is 0 Å². The third-order valence-corrected chi connectivity index (χ3v) is 3.66. The minimum Gasteiger partial charge on any atom is -0.495 e. The quantitative estimate of drug-likeness (QED) is 0.860. The first-order chi connectivity index (χ1) is 8.69.